The van der Waals surface area contributed by atoms with Crippen LogP contribution in [0.3, 0.4) is 0 Å². The summed E-state index contributed by atoms with van der Waals surface area (Å²) in [5.41, 5.74) is 0.992. The third kappa shape index (κ3) is 2.84. The van der Waals surface area contributed by atoms with Gasteiger partial charge < -0.3 is 10.4 Å². The maximum absolute atomic E-state index is 14.0. The van der Waals surface area contributed by atoms with Crippen molar-refractivity contribution in [3.8, 4) is 0 Å². The number of nitrogens with zero attached hydrogens (tertiary/aromatic N) is 1. The van der Waals surface area contributed by atoms with Crippen molar-refractivity contribution in [3.63, 3.8) is 0 Å². The monoisotopic (exact) mass is 288 g/mol. The number of para-hydroxylation sites is 1. The number of aromatic carboxylic acids is 1. The molecule has 5 nitrogen and oxygen atoms in total. The molecule has 0 spiro atoms. The average Bonchev–Trinajstić information content (AvgIpc) is 2.50. The van der Waals surface area contributed by atoms with Crippen molar-refractivity contribution in [3.05, 3.63) is 53.8 Å². The molecule has 2 N–H and O–H groups in total. The largest absolute Gasteiger partial charge is 0.478 e. The van der Waals surface area contributed by atoms with Crippen LogP contribution in [0.2, 0.25) is 0 Å². The van der Waals surface area contributed by atoms with Gasteiger partial charge in [-0.2, -0.15) is 0 Å². The van der Waals surface area contributed by atoms with Gasteiger partial charge in [-0.05, 0) is 36.4 Å². The molecule has 108 valence electrons. The number of halogens is 1. The zero-order chi connectivity index (χ0) is 15.4. The lowest BCUT2D eigenvalue weighted by molar-refractivity contribution is -0.106. The Labute approximate surface area is 120 Å². The standard InChI is InChI=1S/C15H13FN2O3/c1-17-13-4-2-3-12(16)14(13)18(9-19)11-7-5-10(6-8-11)15(20)21/h2-9,17H,1H3,(H,20,21). The van der Waals surface area contributed by atoms with Gasteiger partial charge in [0.25, 0.3) is 0 Å². The van der Waals surface area contributed by atoms with Crippen LogP contribution in [-0.4, -0.2) is 24.5 Å². The highest BCUT2D eigenvalue weighted by molar-refractivity contribution is 5.93. The fourth-order valence-corrected chi connectivity index (χ4v) is 1.97. The molecule has 0 aliphatic heterocycles. The van der Waals surface area contributed by atoms with Gasteiger partial charge in [-0.15, -0.1) is 0 Å². The van der Waals surface area contributed by atoms with Gasteiger partial charge in [-0.1, -0.05) is 6.07 Å². The van der Waals surface area contributed by atoms with Gasteiger partial charge in [-0.3, -0.25) is 9.69 Å². The van der Waals surface area contributed by atoms with Gasteiger partial charge in [-0.25, -0.2) is 9.18 Å². The summed E-state index contributed by atoms with van der Waals surface area (Å²) in [6, 6.07) is 10.0. The van der Waals surface area contributed by atoms with Gasteiger partial charge in [0.1, 0.15) is 11.5 Å². The van der Waals surface area contributed by atoms with Crippen LogP contribution >= 0.6 is 0 Å². The number of nitrogens with one attached hydrogen (secondary N) is 1. The third-order valence-electron chi connectivity index (χ3n) is 2.99. The second-order valence-corrected chi connectivity index (χ2v) is 4.21. The molecule has 0 aliphatic rings. The van der Waals surface area contributed by atoms with Crippen LogP contribution in [0.15, 0.2) is 42.5 Å². The van der Waals surface area contributed by atoms with E-state index in [4.69, 9.17) is 5.11 Å². The third-order valence-corrected chi connectivity index (χ3v) is 2.99. The van der Waals surface area contributed by atoms with Crippen molar-refractivity contribution < 1.29 is 19.1 Å². The number of benzene rings is 2. The Morgan fingerprint density at radius 2 is 1.90 bits per heavy atom. The Bertz CT molecular complexity index is 671. The number of rotatable bonds is 5. The number of carboxylic acids is 1. The Kier molecular flexibility index (Phi) is 4.18. The number of amides is 1. The topological polar surface area (TPSA) is 69.6 Å². The quantitative estimate of drug-likeness (QED) is 0.830. The zero-order valence-electron chi connectivity index (χ0n) is 11.2. The van der Waals surface area contributed by atoms with Crippen LogP contribution < -0.4 is 10.2 Å². The minimum absolute atomic E-state index is 0.0816. The number of carboxylic acid groups (broad SMARTS) is 1. The van der Waals surface area contributed by atoms with Gasteiger partial charge >= 0.3 is 5.97 Å². The summed E-state index contributed by atoms with van der Waals surface area (Å²) in [6.45, 7) is 0. The summed E-state index contributed by atoms with van der Waals surface area (Å²) >= 11 is 0. The molecule has 0 fully saturated rings. The zero-order valence-corrected chi connectivity index (χ0v) is 11.2. The summed E-state index contributed by atoms with van der Waals surface area (Å²) in [6.07, 6.45) is 0.481. The number of carbonyl (C=O) groups is 2. The molecule has 2 rings (SSSR count). The fourth-order valence-electron chi connectivity index (χ4n) is 1.97. The van der Waals surface area contributed by atoms with Crippen molar-refractivity contribution in [2.45, 2.75) is 0 Å². The molecular formula is C15H13FN2O3. The predicted octanol–water partition coefficient (Wildman–Crippen LogP) is 2.86. The van der Waals surface area contributed by atoms with E-state index in [0.29, 0.717) is 17.8 Å². The molecule has 0 saturated heterocycles. The van der Waals surface area contributed by atoms with Crippen LogP contribution in [0.1, 0.15) is 10.4 Å². The first kappa shape index (κ1) is 14.5. The molecule has 2 aromatic rings. The van der Waals surface area contributed by atoms with Crippen LogP contribution in [-0.2, 0) is 4.79 Å². The minimum atomic E-state index is -1.07. The number of hydrogen-bond donors (Lipinski definition) is 2. The predicted molar refractivity (Wildman–Crippen MR) is 77.6 cm³/mol. The van der Waals surface area contributed by atoms with E-state index in [1.54, 1.807) is 13.1 Å². The molecule has 0 aromatic heterocycles. The number of carbonyl (C=O) groups excluding carboxylic acids is 1. The van der Waals surface area contributed by atoms with Crippen molar-refractivity contribution in [2.24, 2.45) is 0 Å². The first-order chi connectivity index (χ1) is 10.1. The SMILES string of the molecule is CNc1cccc(F)c1N(C=O)c1ccc(C(=O)O)cc1. The maximum Gasteiger partial charge on any atom is 0.335 e. The highest BCUT2D eigenvalue weighted by Gasteiger charge is 2.17. The van der Waals surface area contributed by atoms with E-state index in [2.05, 4.69) is 5.32 Å². The highest BCUT2D eigenvalue weighted by atomic mass is 19.1. The van der Waals surface area contributed by atoms with Gasteiger partial charge in [0.2, 0.25) is 6.41 Å². The van der Waals surface area contributed by atoms with E-state index in [0.717, 1.165) is 4.90 Å². The fraction of sp³-hybridized carbons (Fsp3) is 0.0667. The number of anilines is 3. The lowest BCUT2D eigenvalue weighted by Crippen LogP contribution is -2.17. The van der Waals surface area contributed by atoms with E-state index in [1.807, 2.05) is 0 Å². The van der Waals surface area contributed by atoms with E-state index >= 15 is 0 Å². The second-order valence-electron chi connectivity index (χ2n) is 4.21. The van der Waals surface area contributed by atoms with Crippen LogP contribution in [0, 0.1) is 5.82 Å². The van der Waals surface area contributed by atoms with E-state index < -0.39 is 11.8 Å². The molecule has 2 aromatic carbocycles. The molecule has 0 unspecified atom stereocenters. The molecule has 0 atom stereocenters. The van der Waals surface area contributed by atoms with Gasteiger partial charge in [0, 0.05) is 12.7 Å². The van der Waals surface area contributed by atoms with Crippen LogP contribution in [0.25, 0.3) is 0 Å². The molecule has 0 aliphatic carbocycles. The Morgan fingerprint density at radius 3 is 2.43 bits per heavy atom. The normalized spacial score (nSPS) is 10.0. The molecule has 0 saturated carbocycles. The molecule has 0 heterocycles. The average molecular weight is 288 g/mol. The molecule has 6 heteroatoms. The molecule has 1 amide bonds. The summed E-state index contributed by atoms with van der Waals surface area (Å²) in [4.78, 5) is 23.3. The molecular weight excluding hydrogens is 275 g/mol. The van der Waals surface area contributed by atoms with E-state index in [1.165, 1.54) is 36.4 Å². The summed E-state index contributed by atoms with van der Waals surface area (Å²) in [7, 11) is 1.62. The van der Waals surface area contributed by atoms with Crippen LogP contribution in [0.4, 0.5) is 21.5 Å². The van der Waals surface area contributed by atoms with Crippen molar-refractivity contribution in [2.75, 3.05) is 17.3 Å². The lowest BCUT2D eigenvalue weighted by atomic mass is 10.1. The first-order valence-electron chi connectivity index (χ1n) is 6.12. The van der Waals surface area contributed by atoms with E-state index in [9.17, 15) is 14.0 Å². The Balaban J connectivity index is 2.49. The van der Waals surface area contributed by atoms with Crippen molar-refractivity contribution in [1.82, 2.24) is 0 Å². The maximum atomic E-state index is 14.0. The Hall–Kier alpha value is -2.89. The number of hydrogen-bond acceptors (Lipinski definition) is 3. The van der Waals surface area contributed by atoms with Crippen LogP contribution in [0.5, 0.6) is 0 Å². The molecule has 21 heavy (non-hydrogen) atoms. The lowest BCUT2D eigenvalue weighted by Gasteiger charge is -2.21. The van der Waals surface area contributed by atoms with Crippen molar-refractivity contribution >= 4 is 29.4 Å². The van der Waals surface area contributed by atoms with Crippen molar-refractivity contribution in [1.29, 1.82) is 0 Å². The molecule has 0 radical (unpaired) electrons. The highest BCUT2D eigenvalue weighted by Crippen LogP contribution is 2.33. The smallest absolute Gasteiger partial charge is 0.335 e. The second kappa shape index (κ2) is 6.04. The van der Waals surface area contributed by atoms with E-state index in [-0.39, 0.29) is 11.3 Å². The van der Waals surface area contributed by atoms with Gasteiger partial charge in [0.15, 0.2) is 0 Å². The minimum Gasteiger partial charge on any atom is -0.478 e. The first-order valence-corrected chi connectivity index (χ1v) is 6.12. The molecule has 0 bridgehead atoms. The van der Waals surface area contributed by atoms with Gasteiger partial charge in [0.05, 0.1) is 11.3 Å². The summed E-state index contributed by atoms with van der Waals surface area (Å²) in [5.74, 6) is -1.63. The summed E-state index contributed by atoms with van der Waals surface area (Å²) < 4.78 is 14.0. The summed E-state index contributed by atoms with van der Waals surface area (Å²) in [5, 5.41) is 11.7. The Morgan fingerprint density at radius 1 is 1.24 bits per heavy atom.